The minimum absolute atomic E-state index is 0.105. The first-order chi connectivity index (χ1) is 23.4. The van der Waals surface area contributed by atoms with Crippen LogP contribution in [0.2, 0.25) is 5.02 Å². The van der Waals surface area contributed by atoms with Crippen molar-refractivity contribution in [2.75, 3.05) is 18.2 Å². The third-order valence-electron chi connectivity index (χ3n) is 7.45. The fourth-order valence-electron chi connectivity index (χ4n) is 5.05. The maximum Gasteiger partial charge on any atom is 0.234 e. The lowest BCUT2D eigenvalue weighted by molar-refractivity contribution is -0.113. The summed E-state index contributed by atoms with van der Waals surface area (Å²) in [6.45, 7) is 4.38. The number of allylic oxidation sites excluding steroid dienone is 2. The Morgan fingerprint density at radius 3 is 2.44 bits per heavy atom. The summed E-state index contributed by atoms with van der Waals surface area (Å²) in [7, 11) is 1.64. The molecule has 6 rings (SSSR count). The van der Waals surface area contributed by atoms with Crippen molar-refractivity contribution in [1.29, 1.82) is 0 Å². The van der Waals surface area contributed by atoms with Crippen molar-refractivity contribution in [2.24, 2.45) is 0 Å². The van der Waals surface area contributed by atoms with Crippen molar-refractivity contribution < 1.29 is 14.3 Å². The fraction of sp³-hybridized carbons (Fsp3) is 0.0789. The van der Waals surface area contributed by atoms with Gasteiger partial charge >= 0.3 is 0 Å². The van der Waals surface area contributed by atoms with Gasteiger partial charge in [0.1, 0.15) is 5.75 Å². The van der Waals surface area contributed by atoms with Gasteiger partial charge in [0.15, 0.2) is 16.8 Å². The van der Waals surface area contributed by atoms with Crippen molar-refractivity contribution in [2.45, 2.75) is 11.7 Å². The third kappa shape index (κ3) is 7.54. The first-order valence-electron chi connectivity index (χ1n) is 15.0. The Morgan fingerprint density at radius 1 is 0.958 bits per heavy atom. The Hall–Kier alpha value is -5.51. The van der Waals surface area contributed by atoms with Crippen molar-refractivity contribution in [1.82, 2.24) is 19.7 Å². The fourth-order valence-corrected chi connectivity index (χ4v) is 5.92. The number of benzene rings is 4. The van der Waals surface area contributed by atoms with Gasteiger partial charge < -0.3 is 10.1 Å². The number of hydrogen-bond donors (Lipinski definition) is 1. The molecule has 0 spiro atoms. The van der Waals surface area contributed by atoms with Crippen molar-refractivity contribution in [3.05, 3.63) is 138 Å². The number of ether oxygens (including phenoxy) is 1. The topological polar surface area (TPSA) is 99.0 Å². The van der Waals surface area contributed by atoms with E-state index in [-0.39, 0.29) is 17.4 Å². The molecule has 1 N–H and O–H groups in total. The molecule has 1 amide bonds. The molecule has 0 radical (unpaired) electrons. The van der Waals surface area contributed by atoms with Crippen LogP contribution in [0.15, 0.2) is 127 Å². The van der Waals surface area contributed by atoms with Crippen LogP contribution in [-0.4, -0.2) is 44.3 Å². The van der Waals surface area contributed by atoms with E-state index < -0.39 is 0 Å². The van der Waals surface area contributed by atoms with Crippen LogP contribution in [-0.2, 0) is 11.3 Å². The molecule has 10 heteroatoms. The van der Waals surface area contributed by atoms with Gasteiger partial charge in [0.2, 0.25) is 5.91 Å². The Balaban J connectivity index is 1.16. The van der Waals surface area contributed by atoms with Crippen LogP contribution >= 0.6 is 23.4 Å². The van der Waals surface area contributed by atoms with Gasteiger partial charge in [-0.1, -0.05) is 65.8 Å². The number of anilines is 1. The van der Waals surface area contributed by atoms with Gasteiger partial charge in [-0.2, -0.15) is 0 Å². The number of fused-ring (bicyclic) bond motifs is 1. The first kappa shape index (κ1) is 32.4. The molecule has 0 saturated heterocycles. The van der Waals surface area contributed by atoms with E-state index in [2.05, 4.69) is 22.1 Å². The molecule has 0 aliphatic carbocycles. The van der Waals surface area contributed by atoms with Crippen LogP contribution in [0, 0.1) is 0 Å². The quantitative estimate of drug-likeness (QED) is 0.0602. The van der Waals surface area contributed by atoms with E-state index in [9.17, 15) is 9.59 Å². The summed E-state index contributed by atoms with van der Waals surface area (Å²) in [4.78, 5) is 30.5. The number of nitrogens with one attached hydrogen (secondary N) is 1. The standard InChI is InChI=1S/C38H30ClN5O3S/c1-3-22-44-37(32-23-34(26-13-19-30(47-2)20-14-26)41-33-7-5-4-6-31(32)33)42-43-38(44)48-24-36(46)40-29-17-11-27(12-18-29)35(45)21-10-25-8-15-28(39)16-9-25/h3-21,23H,1,22,24H2,2H3,(H,40,46)/b21-10+. The number of para-hydroxylation sites is 1. The minimum atomic E-state index is -0.215. The van der Waals surface area contributed by atoms with Crippen LogP contribution in [0.25, 0.3) is 39.6 Å². The van der Waals surface area contributed by atoms with Gasteiger partial charge in [0, 0.05) is 39.3 Å². The van der Waals surface area contributed by atoms with E-state index in [0.717, 1.165) is 39.0 Å². The molecule has 8 nitrogen and oxygen atoms in total. The van der Waals surface area contributed by atoms with Crippen molar-refractivity contribution >= 4 is 57.7 Å². The molecular formula is C38H30ClN5O3S. The molecular weight excluding hydrogens is 642 g/mol. The summed E-state index contributed by atoms with van der Waals surface area (Å²) in [6, 6.07) is 31.7. The lowest BCUT2D eigenvalue weighted by atomic mass is 10.0. The smallest absolute Gasteiger partial charge is 0.234 e. The summed E-state index contributed by atoms with van der Waals surface area (Å²) >= 11 is 7.21. The predicted octanol–water partition coefficient (Wildman–Crippen LogP) is 8.64. The van der Waals surface area contributed by atoms with E-state index >= 15 is 0 Å². The largest absolute Gasteiger partial charge is 0.497 e. The van der Waals surface area contributed by atoms with Crippen LogP contribution in [0.4, 0.5) is 5.69 Å². The third-order valence-corrected chi connectivity index (χ3v) is 8.67. The van der Waals surface area contributed by atoms with E-state index in [0.29, 0.717) is 33.8 Å². The van der Waals surface area contributed by atoms with Gasteiger partial charge in [-0.3, -0.25) is 14.2 Å². The molecule has 2 aromatic heterocycles. The summed E-state index contributed by atoms with van der Waals surface area (Å²) in [5.41, 5.74) is 5.40. The normalized spacial score (nSPS) is 11.1. The second kappa shape index (κ2) is 14.9. The first-order valence-corrected chi connectivity index (χ1v) is 16.4. The van der Waals surface area contributed by atoms with Gasteiger partial charge in [-0.05, 0) is 84.4 Å². The molecule has 48 heavy (non-hydrogen) atoms. The zero-order valence-corrected chi connectivity index (χ0v) is 27.5. The molecule has 0 unspecified atom stereocenters. The highest BCUT2D eigenvalue weighted by atomic mass is 35.5. The average Bonchev–Trinajstić information content (AvgIpc) is 3.52. The average molecular weight is 672 g/mol. The SMILES string of the molecule is C=CCn1c(SCC(=O)Nc2ccc(C(=O)/C=C/c3ccc(Cl)cc3)cc2)nnc1-c1cc(-c2ccc(OC)cc2)nc2ccccc12. The number of pyridine rings is 1. The maximum atomic E-state index is 12.9. The number of aromatic nitrogens is 4. The Labute approximate surface area is 287 Å². The minimum Gasteiger partial charge on any atom is -0.497 e. The number of thioether (sulfide) groups is 1. The molecule has 238 valence electrons. The number of nitrogens with zero attached hydrogens (tertiary/aromatic N) is 4. The number of ketones is 1. The molecule has 0 atom stereocenters. The highest BCUT2D eigenvalue weighted by Crippen LogP contribution is 2.33. The molecule has 0 fully saturated rings. The van der Waals surface area contributed by atoms with Crippen LogP contribution in [0.1, 0.15) is 15.9 Å². The summed E-state index contributed by atoms with van der Waals surface area (Å²) in [5.74, 6) is 1.16. The van der Waals surface area contributed by atoms with Gasteiger partial charge in [0.25, 0.3) is 0 Å². The number of carbonyl (C=O) groups excluding carboxylic acids is 2. The molecule has 0 aliphatic rings. The van der Waals surface area contributed by atoms with Crippen molar-refractivity contribution in [3.63, 3.8) is 0 Å². The number of methoxy groups -OCH3 is 1. The summed E-state index contributed by atoms with van der Waals surface area (Å²) in [5, 5.41) is 14.1. The lowest BCUT2D eigenvalue weighted by Gasteiger charge is -2.12. The number of halogens is 1. The monoisotopic (exact) mass is 671 g/mol. The number of rotatable bonds is 12. The van der Waals surface area contributed by atoms with Gasteiger partial charge in [-0.15, -0.1) is 16.8 Å². The van der Waals surface area contributed by atoms with Crippen LogP contribution in [0.3, 0.4) is 0 Å². The van der Waals surface area contributed by atoms with Gasteiger partial charge in [-0.25, -0.2) is 4.98 Å². The molecule has 0 saturated carbocycles. The van der Waals surface area contributed by atoms with Crippen molar-refractivity contribution in [3.8, 4) is 28.4 Å². The molecule has 6 aromatic rings. The maximum absolute atomic E-state index is 12.9. The Kier molecular flexibility index (Phi) is 10.1. The zero-order valence-electron chi connectivity index (χ0n) is 26.0. The zero-order chi connectivity index (χ0) is 33.5. The second-order valence-electron chi connectivity index (χ2n) is 10.7. The van der Waals surface area contributed by atoms with E-state index in [4.69, 9.17) is 21.3 Å². The second-order valence-corrected chi connectivity index (χ2v) is 12.0. The van der Waals surface area contributed by atoms with E-state index in [1.165, 1.54) is 17.8 Å². The van der Waals surface area contributed by atoms with Gasteiger partial charge in [0.05, 0.1) is 24.1 Å². The lowest BCUT2D eigenvalue weighted by Crippen LogP contribution is -2.14. The molecule has 0 bridgehead atoms. The van der Waals surface area contributed by atoms with Crippen LogP contribution < -0.4 is 10.1 Å². The highest BCUT2D eigenvalue weighted by Gasteiger charge is 2.19. The summed E-state index contributed by atoms with van der Waals surface area (Å²) in [6.07, 6.45) is 5.02. The number of amides is 1. The number of hydrogen-bond acceptors (Lipinski definition) is 7. The predicted molar refractivity (Wildman–Crippen MR) is 194 cm³/mol. The molecule has 4 aromatic carbocycles. The van der Waals surface area contributed by atoms with E-state index in [1.807, 2.05) is 71.3 Å². The summed E-state index contributed by atoms with van der Waals surface area (Å²) < 4.78 is 7.27. The number of carbonyl (C=O) groups is 2. The Bertz CT molecular complexity index is 2130. The molecule has 0 aliphatic heterocycles. The highest BCUT2D eigenvalue weighted by molar-refractivity contribution is 7.99. The van der Waals surface area contributed by atoms with E-state index in [1.54, 1.807) is 55.7 Å². The molecule has 2 heterocycles. The van der Waals surface area contributed by atoms with Crippen LogP contribution in [0.5, 0.6) is 5.75 Å². The Morgan fingerprint density at radius 2 is 1.71 bits per heavy atom.